The number of hydrogen-bond donors (Lipinski definition) is 4. The van der Waals surface area contributed by atoms with Gasteiger partial charge in [0, 0.05) is 22.5 Å². The molecule has 0 fully saturated rings. The first-order valence-corrected chi connectivity index (χ1v) is 7.90. The van der Waals surface area contributed by atoms with Crippen LogP contribution in [-0.2, 0) is 20.2 Å². The minimum absolute atomic E-state index is 0. The van der Waals surface area contributed by atoms with Gasteiger partial charge in [-0.15, -0.1) is 0 Å². The summed E-state index contributed by atoms with van der Waals surface area (Å²) >= 11 is 0. The zero-order chi connectivity index (χ0) is 15.3. The van der Waals surface area contributed by atoms with E-state index >= 15 is 0 Å². The molecule has 0 aromatic heterocycles. The summed E-state index contributed by atoms with van der Waals surface area (Å²) in [4.78, 5) is -1.36. The van der Waals surface area contributed by atoms with Crippen LogP contribution in [0.1, 0.15) is 0 Å². The van der Waals surface area contributed by atoms with Crippen LogP contribution in [-0.4, -0.2) is 60.6 Å². The Bertz CT molecular complexity index is 922. The van der Waals surface area contributed by atoms with Gasteiger partial charge < -0.3 is 10.8 Å². The van der Waals surface area contributed by atoms with Crippen molar-refractivity contribution in [3.63, 3.8) is 0 Å². The Morgan fingerprint density at radius 3 is 2.00 bits per heavy atom. The third kappa shape index (κ3) is 3.48. The fourth-order valence-electron chi connectivity index (χ4n) is 1.81. The molecule has 0 saturated heterocycles. The fourth-order valence-corrected chi connectivity index (χ4v) is 3.02. The van der Waals surface area contributed by atoms with Crippen molar-refractivity contribution in [2.45, 2.75) is 9.79 Å². The van der Waals surface area contributed by atoms with Crippen LogP contribution in [0.3, 0.4) is 0 Å². The summed E-state index contributed by atoms with van der Waals surface area (Å²) in [5.41, 5.74) is 5.56. The van der Waals surface area contributed by atoms with Gasteiger partial charge >= 0.3 is 29.6 Å². The third-order valence-corrected chi connectivity index (χ3v) is 4.38. The molecule has 0 aliphatic rings. The second-order valence-electron chi connectivity index (χ2n) is 3.97. The molecule has 11 heteroatoms. The van der Waals surface area contributed by atoms with Crippen molar-refractivity contribution in [1.82, 2.24) is 0 Å². The van der Waals surface area contributed by atoms with Gasteiger partial charge in [-0.2, -0.15) is 16.8 Å². The molecule has 0 saturated carbocycles. The van der Waals surface area contributed by atoms with E-state index in [4.69, 9.17) is 14.8 Å². The van der Waals surface area contributed by atoms with E-state index in [1.807, 2.05) is 0 Å². The van der Waals surface area contributed by atoms with E-state index in [0.717, 1.165) is 24.3 Å². The summed E-state index contributed by atoms with van der Waals surface area (Å²) in [6.07, 6.45) is 0. The first-order chi connectivity index (χ1) is 9.01. The molecule has 21 heavy (non-hydrogen) atoms. The molecule has 5 N–H and O–H groups in total. The number of nitrogen functional groups attached to an aromatic ring is 1. The number of aromatic hydroxyl groups is 1. The van der Waals surface area contributed by atoms with E-state index in [9.17, 15) is 21.9 Å². The first-order valence-electron chi connectivity index (χ1n) is 5.02. The van der Waals surface area contributed by atoms with Crippen LogP contribution in [0, 0.1) is 0 Å². The number of fused-ring (bicyclic) bond motifs is 1. The molecule has 0 radical (unpaired) electrons. The van der Waals surface area contributed by atoms with Crippen LogP contribution >= 0.6 is 0 Å². The van der Waals surface area contributed by atoms with Gasteiger partial charge in [0.15, 0.2) is 0 Å². The molecule has 8 nitrogen and oxygen atoms in total. The number of anilines is 1. The zero-order valence-corrected chi connectivity index (χ0v) is 11.3. The van der Waals surface area contributed by atoms with Gasteiger partial charge in [-0.05, 0) is 18.2 Å². The number of phenolic OH excluding ortho intramolecular Hbond substituents is 1. The Hall–Kier alpha value is -0.880. The number of hydrogen-bond acceptors (Lipinski definition) is 6. The molecule has 0 aliphatic heterocycles. The summed E-state index contributed by atoms with van der Waals surface area (Å²) < 4.78 is 62.7. The molecule has 0 amide bonds. The SMILES string of the molecule is Nc1ccc(S(=O)(=O)O)c2cc(S(=O)(=O)O)cc(O)c12.[NaH]. The van der Waals surface area contributed by atoms with Gasteiger partial charge in [0.1, 0.15) is 10.6 Å². The predicted octanol–water partition coefficient (Wildman–Crippen LogP) is -0.0275. The van der Waals surface area contributed by atoms with Gasteiger partial charge in [-0.25, -0.2) is 0 Å². The van der Waals surface area contributed by atoms with E-state index in [-0.39, 0.29) is 46.0 Å². The second-order valence-corrected chi connectivity index (χ2v) is 6.78. The van der Waals surface area contributed by atoms with Crippen molar-refractivity contribution in [1.29, 1.82) is 0 Å². The third-order valence-electron chi connectivity index (χ3n) is 2.64. The van der Waals surface area contributed by atoms with Gasteiger partial charge in [0.05, 0.1) is 4.90 Å². The molecule has 0 bridgehead atoms. The van der Waals surface area contributed by atoms with Gasteiger partial charge in [0.2, 0.25) is 0 Å². The average molecular weight is 343 g/mol. The van der Waals surface area contributed by atoms with Crippen LogP contribution in [0.25, 0.3) is 10.8 Å². The topological polar surface area (TPSA) is 155 Å². The molecule has 0 unspecified atom stereocenters. The van der Waals surface area contributed by atoms with Crippen LogP contribution < -0.4 is 5.73 Å². The summed E-state index contributed by atoms with van der Waals surface area (Å²) in [7, 11) is -9.34. The van der Waals surface area contributed by atoms with E-state index in [2.05, 4.69) is 0 Å². The fraction of sp³-hybridized carbons (Fsp3) is 0. The Morgan fingerprint density at radius 1 is 0.952 bits per heavy atom. The quantitative estimate of drug-likeness (QED) is 0.337. The van der Waals surface area contributed by atoms with Crippen molar-refractivity contribution >= 4 is 66.3 Å². The van der Waals surface area contributed by atoms with E-state index < -0.39 is 35.8 Å². The van der Waals surface area contributed by atoms with Crippen LogP contribution in [0.2, 0.25) is 0 Å². The molecule has 0 atom stereocenters. The van der Waals surface area contributed by atoms with E-state index in [0.29, 0.717) is 0 Å². The summed E-state index contributed by atoms with van der Waals surface area (Å²) in [6.45, 7) is 0. The minimum atomic E-state index is -4.67. The Kier molecular flexibility index (Phi) is 4.95. The van der Waals surface area contributed by atoms with Crippen molar-refractivity contribution in [2.24, 2.45) is 0 Å². The van der Waals surface area contributed by atoms with Crippen LogP contribution in [0.5, 0.6) is 5.75 Å². The van der Waals surface area contributed by atoms with Gasteiger partial charge in [-0.3, -0.25) is 9.11 Å². The number of phenols is 1. The second kappa shape index (κ2) is 5.72. The van der Waals surface area contributed by atoms with Gasteiger partial charge in [-0.1, -0.05) is 0 Å². The molecule has 2 aromatic rings. The van der Waals surface area contributed by atoms with Crippen molar-refractivity contribution in [3.05, 3.63) is 24.3 Å². The molecule has 0 aliphatic carbocycles. The average Bonchev–Trinajstić information content (AvgIpc) is 2.25. The summed E-state index contributed by atoms with van der Waals surface area (Å²) in [6, 6.07) is 3.62. The summed E-state index contributed by atoms with van der Waals surface area (Å²) in [5.74, 6) is -0.641. The van der Waals surface area contributed by atoms with Gasteiger partial charge in [0.25, 0.3) is 20.2 Å². The molecule has 2 aromatic carbocycles. The molecule has 2 rings (SSSR count). The number of rotatable bonds is 2. The normalized spacial score (nSPS) is 12.1. The number of benzene rings is 2. The molecule has 110 valence electrons. The molecular weight excluding hydrogens is 333 g/mol. The van der Waals surface area contributed by atoms with Crippen LogP contribution in [0.15, 0.2) is 34.1 Å². The molecular formula is C10H10NNaO7S2. The zero-order valence-electron chi connectivity index (χ0n) is 9.68. The molecule has 0 spiro atoms. The van der Waals surface area contributed by atoms with E-state index in [1.54, 1.807) is 0 Å². The summed E-state index contributed by atoms with van der Waals surface area (Å²) in [5, 5.41) is 9.29. The Balaban J connectivity index is 0.00000220. The van der Waals surface area contributed by atoms with Crippen molar-refractivity contribution < 1.29 is 31.0 Å². The van der Waals surface area contributed by atoms with Crippen molar-refractivity contribution in [3.8, 4) is 5.75 Å². The first kappa shape index (κ1) is 18.2. The van der Waals surface area contributed by atoms with E-state index in [1.165, 1.54) is 0 Å². The molecule has 0 heterocycles. The maximum absolute atomic E-state index is 11.3. The van der Waals surface area contributed by atoms with Crippen LogP contribution in [0.4, 0.5) is 5.69 Å². The Labute approximate surface area is 142 Å². The number of nitrogens with two attached hydrogens (primary N) is 1. The standard InChI is InChI=1S/C10H9NO7S2.Na.H/c11-7-1-2-9(20(16,17)18)6-3-5(19(13,14)15)4-8(12)10(6)7;;/h1-4,12H,11H2,(H,13,14,15)(H,16,17,18);;. The predicted molar refractivity (Wildman–Crippen MR) is 76.8 cm³/mol. The van der Waals surface area contributed by atoms with Crippen molar-refractivity contribution in [2.75, 3.05) is 5.73 Å². The maximum atomic E-state index is 11.3. The Morgan fingerprint density at radius 2 is 1.52 bits per heavy atom. The monoisotopic (exact) mass is 343 g/mol.